The number of hydrogen-bond donors (Lipinski definition) is 1. The topological polar surface area (TPSA) is 53.4 Å². The average molecular weight is 242 g/mol. The van der Waals surface area contributed by atoms with Crippen LogP contribution in [-0.2, 0) is 0 Å². The summed E-state index contributed by atoms with van der Waals surface area (Å²) in [6, 6.07) is 13.4. The molecule has 1 aromatic carbocycles. The third kappa shape index (κ3) is 2.48. The molecule has 0 radical (unpaired) electrons. The van der Waals surface area contributed by atoms with Crippen molar-refractivity contribution in [3.05, 3.63) is 48.7 Å². The Labute approximate surface area is 106 Å². The van der Waals surface area contributed by atoms with E-state index in [0.717, 1.165) is 11.3 Å². The summed E-state index contributed by atoms with van der Waals surface area (Å²) >= 11 is 0. The first kappa shape index (κ1) is 12.1. The second-order valence-electron chi connectivity index (χ2n) is 3.79. The third-order valence-corrected chi connectivity index (χ3v) is 2.68. The molecule has 1 heterocycles. The molecule has 0 fully saturated rings. The van der Waals surface area contributed by atoms with E-state index in [9.17, 15) is 4.79 Å². The van der Waals surface area contributed by atoms with Crippen LogP contribution in [0.15, 0.2) is 48.7 Å². The Morgan fingerprint density at radius 1 is 1.22 bits per heavy atom. The first-order valence-corrected chi connectivity index (χ1v) is 5.74. The van der Waals surface area contributed by atoms with Crippen molar-refractivity contribution in [3.63, 3.8) is 0 Å². The van der Waals surface area contributed by atoms with Gasteiger partial charge in [-0.3, -0.25) is 9.88 Å². The molecule has 0 saturated carbocycles. The van der Waals surface area contributed by atoms with Gasteiger partial charge in [0.25, 0.3) is 0 Å². The maximum Gasteiger partial charge on any atom is 0.411 e. The van der Waals surface area contributed by atoms with Crippen LogP contribution in [0, 0.1) is 0 Å². The molecule has 0 unspecified atom stereocenters. The fourth-order valence-electron chi connectivity index (χ4n) is 1.75. The van der Waals surface area contributed by atoms with Crippen LogP contribution >= 0.6 is 0 Å². The lowest BCUT2D eigenvalue weighted by Gasteiger charge is -2.16. The Morgan fingerprint density at radius 3 is 2.44 bits per heavy atom. The van der Waals surface area contributed by atoms with Crippen molar-refractivity contribution < 1.29 is 9.90 Å². The number of carbonyl (C=O) groups is 1. The molecule has 1 amide bonds. The van der Waals surface area contributed by atoms with Crippen molar-refractivity contribution in [2.75, 3.05) is 11.4 Å². The number of anilines is 1. The number of rotatable bonds is 3. The van der Waals surface area contributed by atoms with Gasteiger partial charge in [0.05, 0.1) is 17.6 Å². The molecule has 4 nitrogen and oxygen atoms in total. The number of carboxylic acid groups (broad SMARTS) is 1. The van der Waals surface area contributed by atoms with Gasteiger partial charge in [-0.05, 0) is 19.1 Å². The van der Waals surface area contributed by atoms with Gasteiger partial charge in [0.15, 0.2) is 0 Å². The van der Waals surface area contributed by atoms with Gasteiger partial charge in [-0.1, -0.05) is 30.3 Å². The summed E-state index contributed by atoms with van der Waals surface area (Å²) in [5.74, 6) is 0. The van der Waals surface area contributed by atoms with E-state index in [1.54, 1.807) is 19.2 Å². The molecular formula is C14H14N2O2. The molecule has 0 aliphatic heterocycles. The first-order chi connectivity index (χ1) is 8.72. The Bertz CT molecular complexity index is 523. The summed E-state index contributed by atoms with van der Waals surface area (Å²) in [7, 11) is 0. The van der Waals surface area contributed by atoms with Gasteiger partial charge in [0.1, 0.15) is 0 Å². The lowest BCUT2D eigenvalue weighted by Crippen LogP contribution is -2.28. The zero-order valence-corrected chi connectivity index (χ0v) is 10.1. The fraction of sp³-hybridized carbons (Fsp3) is 0.143. The van der Waals surface area contributed by atoms with Gasteiger partial charge in [-0.25, -0.2) is 4.79 Å². The van der Waals surface area contributed by atoms with Gasteiger partial charge < -0.3 is 5.11 Å². The zero-order valence-electron chi connectivity index (χ0n) is 10.1. The van der Waals surface area contributed by atoms with Crippen LogP contribution in [0.1, 0.15) is 6.92 Å². The van der Waals surface area contributed by atoms with Crippen molar-refractivity contribution in [2.24, 2.45) is 0 Å². The summed E-state index contributed by atoms with van der Waals surface area (Å²) in [6.45, 7) is 2.20. The number of nitrogens with zero attached hydrogens (tertiary/aromatic N) is 2. The van der Waals surface area contributed by atoms with Crippen LogP contribution in [-0.4, -0.2) is 22.7 Å². The smallest absolute Gasteiger partial charge is 0.411 e. The second kappa shape index (κ2) is 5.31. The molecule has 92 valence electrons. The van der Waals surface area contributed by atoms with E-state index in [4.69, 9.17) is 5.11 Å². The predicted octanol–water partition coefficient (Wildman–Crippen LogP) is 3.25. The molecule has 18 heavy (non-hydrogen) atoms. The number of aromatic nitrogens is 1. The Hall–Kier alpha value is -2.36. The van der Waals surface area contributed by atoms with Crippen molar-refractivity contribution in [1.29, 1.82) is 0 Å². The molecule has 0 atom stereocenters. The zero-order chi connectivity index (χ0) is 13.0. The van der Waals surface area contributed by atoms with Crippen LogP contribution < -0.4 is 4.90 Å². The first-order valence-electron chi connectivity index (χ1n) is 5.74. The highest BCUT2D eigenvalue weighted by Gasteiger charge is 2.12. The number of pyridine rings is 1. The normalized spacial score (nSPS) is 10.1. The quantitative estimate of drug-likeness (QED) is 0.898. The minimum atomic E-state index is -0.966. The molecule has 4 heteroatoms. The van der Waals surface area contributed by atoms with Gasteiger partial charge in [0.2, 0.25) is 0 Å². The van der Waals surface area contributed by atoms with Gasteiger partial charge >= 0.3 is 6.09 Å². The highest BCUT2D eigenvalue weighted by molar-refractivity contribution is 5.85. The molecule has 0 bridgehead atoms. The van der Waals surface area contributed by atoms with E-state index in [1.165, 1.54) is 4.90 Å². The Kier molecular flexibility index (Phi) is 3.57. The van der Waals surface area contributed by atoms with Crippen molar-refractivity contribution in [3.8, 4) is 11.3 Å². The maximum absolute atomic E-state index is 11.0. The highest BCUT2D eigenvalue weighted by atomic mass is 16.4. The minimum Gasteiger partial charge on any atom is -0.465 e. The monoisotopic (exact) mass is 242 g/mol. The van der Waals surface area contributed by atoms with Gasteiger partial charge in [0, 0.05) is 12.1 Å². The molecule has 1 aromatic heterocycles. The number of hydrogen-bond acceptors (Lipinski definition) is 2. The van der Waals surface area contributed by atoms with Crippen molar-refractivity contribution in [2.45, 2.75) is 6.92 Å². The molecular weight excluding hydrogens is 228 g/mol. The summed E-state index contributed by atoms with van der Waals surface area (Å²) < 4.78 is 0. The molecule has 0 spiro atoms. The van der Waals surface area contributed by atoms with Crippen LogP contribution in [0.4, 0.5) is 10.5 Å². The molecule has 0 saturated heterocycles. The van der Waals surface area contributed by atoms with Crippen LogP contribution in [0.5, 0.6) is 0 Å². The van der Waals surface area contributed by atoms with Crippen molar-refractivity contribution in [1.82, 2.24) is 4.98 Å². The van der Waals surface area contributed by atoms with E-state index in [0.29, 0.717) is 12.2 Å². The summed E-state index contributed by atoms with van der Waals surface area (Å²) in [4.78, 5) is 16.5. The second-order valence-corrected chi connectivity index (χ2v) is 3.79. The fourth-order valence-corrected chi connectivity index (χ4v) is 1.75. The maximum atomic E-state index is 11.0. The third-order valence-electron chi connectivity index (χ3n) is 2.68. The summed E-state index contributed by atoms with van der Waals surface area (Å²) in [5, 5.41) is 9.01. The molecule has 0 aliphatic carbocycles. The Morgan fingerprint density at radius 2 is 1.94 bits per heavy atom. The molecule has 1 N–H and O–H groups in total. The number of benzene rings is 1. The van der Waals surface area contributed by atoms with Crippen LogP contribution in [0.2, 0.25) is 0 Å². The van der Waals surface area contributed by atoms with Crippen molar-refractivity contribution >= 4 is 11.8 Å². The van der Waals surface area contributed by atoms with E-state index in [-0.39, 0.29) is 0 Å². The lowest BCUT2D eigenvalue weighted by atomic mass is 10.1. The largest absolute Gasteiger partial charge is 0.465 e. The average Bonchev–Trinajstić information content (AvgIpc) is 2.41. The molecule has 2 aromatic rings. The minimum absolute atomic E-state index is 0.404. The highest BCUT2D eigenvalue weighted by Crippen LogP contribution is 2.20. The summed E-state index contributed by atoms with van der Waals surface area (Å²) in [5.41, 5.74) is 2.44. The van der Waals surface area contributed by atoms with Crippen LogP contribution in [0.25, 0.3) is 11.3 Å². The van der Waals surface area contributed by atoms with E-state index in [2.05, 4.69) is 4.98 Å². The van der Waals surface area contributed by atoms with E-state index in [1.807, 2.05) is 36.4 Å². The predicted molar refractivity (Wildman–Crippen MR) is 70.7 cm³/mol. The van der Waals surface area contributed by atoms with Gasteiger partial charge in [-0.15, -0.1) is 0 Å². The Balaban J connectivity index is 2.28. The standard InChI is InChI=1S/C14H14N2O2/c1-2-16(14(17)18)12-8-9-13(15-10-12)11-6-4-3-5-7-11/h3-10H,2H2,1H3,(H,17,18). The van der Waals surface area contributed by atoms with E-state index >= 15 is 0 Å². The lowest BCUT2D eigenvalue weighted by molar-refractivity contribution is 0.202. The summed E-state index contributed by atoms with van der Waals surface area (Å²) in [6.07, 6.45) is 0.617. The van der Waals surface area contributed by atoms with Crippen LogP contribution in [0.3, 0.4) is 0 Å². The molecule has 0 aliphatic rings. The van der Waals surface area contributed by atoms with Gasteiger partial charge in [-0.2, -0.15) is 0 Å². The van der Waals surface area contributed by atoms with E-state index < -0.39 is 6.09 Å². The number of amides is 1. The SMILES string of the molecule is CCN(C(=O)O)c1ccc(-c2ccccc2)nc1. The molecule has 2 rings (SSSR count).